The zero-order valence-electron chi connectivity index (χ0n) is 9.47. The molecule has 0 radical (unpaired) electrons. The van der Waals surface area contributed by atoms with E-state index >= 15 is 0 Å². The summed E-state index contributed by atoms with van der Waals surface area (Å²) in [5, 5.41) is 5.63. The molecule has 2 amide bonds. The number of carbonyl (C=O) groups is 1. The van der Waals surface area contributed by atoms with Crippen molar-refractivity contribution in [1.29, 1.82) is 0 Å². The summed E-state index contributed by atoms with van der Waals surface area (Å²) in [5.41, 5.74) is 8.44. The molecule has 1 aliphatic rings. The largest absolute Gasteiger partial charge is 0.350 e. The number of carbonyl (C=O) groups excluding carboxylic acids is 1. The third-order valence-corrected chi connectivity index (χ3v) is 2.82. The first-order chi connectivity index (χ1) is 7.59. The van der Waals surface area contributed by atoms with E-state index in [1.165, 1.54) is 10.6 Å². The summed E-state index contributed by atoms with van der Waals surface area (Å²) in [7, 11) is 0. The standard InChI is InChI=1S/C12H15N3O/c1-8-7-10-5-3-4-6-11(10)9(2)14-15(8)12(13)16/h3-6,8H,7H2,1-2H3,(H2,13,16). The molecular weight excluding hydrogens is 202 g/mol. The molecule has 16 heavy (non-hydrogen) atoms. The van der Waals surface area contributed by atoms with Crippen LogP contribution in [0.4, 0.5) is 4.79 Å². The number of urea groups is 1. The van der Waals surface area contributed by atoms with Gasteiger partial charge in [0.1, 0.15) is 0 Å². The van der Waals surface area contributed by atoms with Gasteiger partial charge in [-0.1, -0.05) is 24.3 Å². The molecule has 1 atom stereocenters. The predicted molar refractivity (Wildman–Crippen MR) is 63.2 cm³/mol. The van der Waals surface area contributed by atoms with Gasteiger partial charge in [0.05, 0.1) is 11.8 Å². The van der Waals surface area contributed by atoms with E-state index in [4.69, 9.17) is 5.73 Å². The maximum Gasteiger partial charge on any atom is 0.335 e. The number of hydrogen-bond acceptors (Lipinski definition) is 2. The molecule has 84 valence electrons. The van der Waals surface area contributed by atoms with E-state index in [0.717, 1.165) is 17.7 Å². The van der Waals surface area contributed by atoms with Crippen molar-refractivity contribution in [3.05, 3.63) is 35.4 Å². The van der Waals surface area contributed by atoms with Gasteiger partial charge in [-0.05, 0) is 25.8 Å². The van der Waals surface area contributed by atoms with Crippen molar-refractivity contribution in [2.24, 2.45) is 10.8 Å². The van der Waals surface area contributed by atoms with Crippen LogP contribution in [0.15, 0.2) is 29.4 Å². The Morgan fingerprint density at radius 3 is 2.88 bits per heavy atom. The Kier molecular flexibility index (Phi) is 2.64. The average Bonchev–Trinajstić information content (AvgIpc) is 2.37. The first-order valence-electron chi connectivity index (χ1n) is 5.31. The first-order valence-corrected chi connectivity index (χ1v) is 5.31. The maximum absolute atomic E-state index is 11.3. The number of fused-ring (bicyclic) bond motifs is 1. The van der Waals surface area contributed by atoms with E-state index in [1.54, 1.807) is 0 Å². The molecule has 0 aromatic heterocycles. The highest BCUT2D eigenvalue weighted by Gasteiger charge is 2.22. The molecule has 0 spiro atoms. The molecule has 1 heterocycles. The Balaban J connectivity index is 2.48. The third kappa shape index (κ3) is 1.78. The van der Waals surface area contributed by atoms with Crippen LogP contribution < -0.4 is 5.73 Å². The number of nitrogens with zero attached hydrogens (tertiary/aromatic N) is 2. The van der Waals surface area contributed by atoms with Crippen LogP contribution in [0, 0.1) is 0 Å². The van der Waals surface area contributed by atoms with Gasteiger partial charge < -0.3 is 5.73 Å². The lowest BCUT2D eigenvalue weighted by molar-refractivity contribution is 0.192. The van der Waals surface area contributed by atoms with Crippen molar-refractivity contribution < 1.29 is 4.79 Å². The minimum Gasteiger partial charge on any atom is -0.350 e. The van der Waals surface area contributed by atoms with Crippen LogP contribution in [0.5, 0.6) is 0 Å². The number of amides is 2. The van der Waals surface area contributed by atoms with Gasteiger partial charge in [0.2, 0.25) is 0 Å². The number of hydrazone groups is 1. The summed E-state index contributed by atoms with van der Waals surface area (Å²) < 4.78 is 0. The molecule has 0 fully saturated rings. The normalized spacial score (nSPS) is 19.8. The molecule has 0 saturated carbocycles. The van der Waals surface area contributed by atoms with Gasteiger partial charge in [-0.15, -0.1) is 0 Å². The van der Waals surface area contributed by atoms with Crippen LogP contribution >= 0.6 is 0 Å². The summed E-state index contributed by atoms with van der Waals surface area (Å²) in [6.07, 6.45) is 0.778. The Bertz CT molecular complexity index is 453. The zero-order valence-corrected chi connectivity index (χ0v) is 9.47. The molecule has 4 heteroatoms. The lowest BCUT2D eigenvalue weighted by Crippen LogP contribution is -2.39. The van der Waals surface area contributed by atoms with Gasteiger partial charge in [0.15, 0.2) is 0 Å². The number of benzene rings is 1. The number of hydrogen-bond donors (Lipinski definition) is 1. The Hall–Kier alpha value is -1.84. The highest BCUT2D eigenvalue weighted by molar-refractivity contribution is 6.00. The molecule has 1 aromatic carbocycles. The highest BCUT2D eigenvalue weighted by Crippen LogP contribution is 2.19. The van der Waals surface area contributed by atoms with Gasteiger partial charge in [-0.25, -0.2) is 9.80 Å². The second-order valence-electron chi connectivity index (χ2n) is 4.08. The maximum atomic E-state index is 11.3. The van der Waals surface area contributed by atoms with Crippen LogP contribution in [-0.2, 0) is 6.42 Å². The van der Waals surface area contributed by atoms with Gasteiger partial charge in [-0.3, -0.25) is 0 Å². The minimum absolute atomic E-state index is 0.00361. The van der Waals surface area contributed by atoms with Crippen molar-refractivity contribution in [3.63, 3.8) is 0 Å². The monoisotopic (exact) mass is 217 g/mol. The SMILES string of the molecule is CC1=NN(C(N)=O)C(C)Cc2ccccc21. The van der Waals surface area contributed by atoms with Gasteiger partial charge in [-0.2, -0.15) is 5.10 Å². The van der Waals surface area contributed by atoms with Crippen LogP contribution in [-0.4, -0.2) is 22.8 Å². The van der Waals surface area contributed by atoms with E-state index in [1.807, 2.05) is 32.0 Å². The highest BCUT2D eigenvalue weighted by atomic mass is 16.2. The fourth-order valence-corrected chi connectivity index (χ4v) is 2.04. The van der Waals surface area contributed by atoms with Crippen molar-refractivity contribution in [3.8, 4) is 0 Å². The summed E-state index contributed by atoms with van der Waals surface area (Å²) in [6.45, 7) is 3.84. The van der Waals surface area contributed by atoms with Crippen LogP contribution in [0.1, 0.15) is 25.0 Å². The van der Waals surface area contributed by atoms with E-state index in [9.17, 15) is 4.79 Å². The average molecular weight is 217 g/mol. The Morgan fingerprint density at radius 2 is 2.19 bits per heavy atom. The lowest BCUT2D eigenvalue weighted by atomic mass is 9.99. The Morgan fingerprint density at radius 1 is 1.50 bits per heavy atom. The Labute approximate surface area is 94.7 Å². The second-order valence-corrected chi connectivity index (χ2v) is 4.08. The summed E-state index contributed by atoms with van der Waals surface area (Å²) >= 11 is 0. The fourth-order valence-electron chi connectivity index (χ4n) is 2.04. The van der Waals surface area contributed by atoms with E-state index in [-0.39, 0.29) is 6.04 Å². The van der Waals surface area contributed by atoms with E-state index < -0.39 is 6.03 Å². The number of rotatable bonds is 0. The minimum atomic E-state index is -0.500. The molecule has 2 N–H and O–H groups in total. The molecule has 4 nitrogen and oxygen atoms in total. The summed E-state index contributed by atoms with van der Waals surface area (Å²) in [5.74, 6) is 0. The smallest absolute Gasteiger partial charge is 0.335 e. The fraction of sp³-hybridized carbons (Fsp3) is 0.333. The van der Waals surface area contributed by atoms with Crippen LogP contribution in [0.25, 0.3) is 0 Å². The van der Waals surface area contributed by atoms with Crippen molar-refractivity contribution >= 4 is 11.7 Å². The van der Waals surface area contributed by atoms with Crippen molar-refractivity contribution in [2.45, 2.75) is 26.3 Å². The van der Waals surface area contributed by atoms with Gasteiger partial charge in [0.25, 0.3) is 0 Å². The molecule has 0 aliphatic carbocycles. The summed E-state index contributed by atoms with van der Waals surface area (Å²) in [4.78, 5) is 11.3. The molecule has 1 aliphatic heterocycles. The summed E-state index contributed by atoms with van der Waals surface area (Å²) in [6, 6.07) is 7.55. The third-order valence-electron chi connectivity index (χ3n) is 2.82. The second kappa shape index (κ2) is 3.96. The van der Waals surface area contributed by atoms with Gasteiger partial charge >= 0.3 is 6.03 Å². The lowest BCUT2D eigenvalue weighted by Gasteiger charge is -2.20. The molecule has 2 rings (SSSR count). The number of nitrogens with two attached hydrogens (primary N) is 1. The van der Waals surface area contributed by atoms with Crippen molar-refractivity contribution in [1.82, 2.24) is 5.01 Å². The quantitative estimate of drug-likeness (QED) is 0.707. The predicted octanol–water partition coefficient (Wildman–Crippen LogP) is 1.74. The molecule has 1 unspecified atom stereocenters. The van der Waals surface area contributed by atoms with Crippen molar-refractivity contribution in [2.75, 3.05) is 0 Å². The van der Waals surface area contributed by atoms with Crippen LogP contribution in [0.2, 0.25) is 0 Å². The molecule has 1 aromatic rings. The first kappa shape index (κ1) is 10.7. The molecule has 0 saturated heterocycles. The van der Waals surface area contributed by atoms with Crippen LogP contribution in [0.3, 0.4) is 0 Å². The number of primary amides is 1. The molecule has 0 bridgehead atoms. The molecular formula is C12H15N3O. The zero-order chi connectivity index (χ0) is 11.7. The topological polar surface area (TPSA) is 58.7 Å². The van der Waals surface area contributed by atoms with Gasteiger partial charge in [0, 0.05) is 5.56 Å². The van der Waals surface area contributed by atoms with E-state index in [2.05, 4.69) is 11.2 Å². The van der Waals surface area contributed by atoms with E-state index in [0.29, 0.717) is 0 Å².